The van der Waals surface area contributed by atoms with Gasteiger partial charge in [0.05, 0.1) is 18.8 Å². The number of piperidine rings is 1. The molecule has 0 N–H and O–H groups in total. The van der Waals surface area contributed by atoms with Crippen molar-refractivity contribution in [3.63, 3.8) is 0 Å². The van der Waals surface area contributed by atoms with Gasteiger partial charge in [-0.3, -0.25) is 24.0 Å². The molecule has 0 bridgehead atoms. The van der Waals surface area contributed by atoms with Crippen molar-refractivity contribution in [3.8, 4) is 0 Å². The van der Waals surface area contributed by atoms with Gasteiger partial charge in [-0.15, -0.1) is 0 Å². The average molecular weight is 1110 g/mol. The van der Waals surface area contributed by atoms with Gasteiger partial charge < -0.3 is 38.9 Å². The summed E-state index contributed by atoms with van der Waals surface area (Å²) in [4.78, 5) is 82.1. The predicted molar refractivity (Wildman–Crippen MR) is 325 cm³/mol. The number of likely N-dealkylation sites (tertiary alicyclic amines) is 3. The molecule has 5 saturated heterocycles. The van der Waals surface area contributed by atoms with Gasteiger partial charge in [0.2, 0.25) is 23.6 Å². The molecule has 5 amide bonds. The zero-order chi connectivity index (χ0) is 60.6. The standard InChI is InChI=1S/C16H21NO3.C11H22N2O.C11H21NO.C10H19NO2.C10H19NO.C7H16/c1-16(2,3)13-7-5-12(6-8-13)15(19)20-11-14(18)17-9-4-10-17;1-11(2,3)9-10(14)13-7-5-12(4)6-8-13;1-11(2,3)9-10(13)12-7-5-4-6-8-12;1-10(2,3)8-9(12)11-4-6-13-7-5-11;1-10(2,3)8-9(12)11-6-4-5-7-11;1-6(2)7(3,4)5/h5-8H,4,9-11H2,1-3H3;5-9H2,1-4H3;4-9H2,1-3H3;4-8H2,1-3H3;4-8H2,1-3H3;6H,1-5H3. The van der Waals surface area contributed by atoms with Gasteiger partial charge in [0, 0.05) is 104 Å². The summed E-state index contributed by atoms with van der Waals surface area (Å²) in [5, 5.41) is 0. The first-order valence-corrected chi connectivity index (χ1v) is 30.1. The van der Waals surface area contributed by atoms with Gasteiger partial charge in [-0.2, -0.15) is 0 Å². The van der Waals surface area contributed by atoms with E-state index in [1.807, 2.05) is 31.7 Å². The van der Waals surface area contributed by atoms with E-state index >= 15 is 0 Å². The summed E-state index contributed by atoms with van der Waals surface area (Å²) in [5.74, 6) is 1.48. The summed E-state index contributed by atoms with van der Waals surface area (Å²) in [5.41, 5.74) is 2.67. The molecule has 0 atom stereocenters. The van der Waals surface area contributed by atoms with Gasteiger partial charge in [-0.25, -0.2) is 4.79 Å². The number of esters is 1. The van der Waals surface area contributed by atoms with E-state index in [1.165, 1.54) is 32.1 Å². The normalized spacial score (nSPS) is 17.4. The molecule has 79 heavy (non-hydrogen) atoms. The van der Waals surface area contributed by atoms with Gasteiger partial charge in [0.25, 0.3) is 5.91 Å². The zero-order valence-electron chi connectivity index (χ0n) is 54.5. The molecule has 5 aliphatic rings. The smallest absolute Gasteiger partial charge is 0.338 e. The molecule has 0 radical (unpaired) electrons. The summed E-state index contributed by atoms with van der Waals surface area (Å²) in [7, 11) is 2.10. The number of carbonyl (C=O) groups is 6. The molecule has 6 rings (SSSR count). The Kier molecular flexibility index (Phi) is 31.2. The van der Waals surface area contributed by atoms with E-state index in [0.29, 0.717) is 67.6 Å². The highest BCUT2D eigenvalue weighted by atomic mass is 16.5. The van der Waals surface area contributed by atoms with Crippen LogP contribution in [0.4, 0.5) is 0 Å². The van der Waals surface area contributed by atoms with Crippen LogP contribution in [-0.4, -0.2) is 170 Å². The highest BCUT2D eigenvalue weighted by Crippen LogP contribution is 2.26. The van der Waals surface area contributed by atoms with Crippen molar-refractivity contribution in [2.24, 2.45) is 33.0 Å². The van der Waals surface area contributed by atoms with Crippen molar-refractivity contribution in [2.75, 3.05) is 105 Å². The molecule has 0 unspecified atom stereocenters. The molecule has 456 valence electrons. The molecule has 5 heterocycles. The summed E-state index contributed by atoms with van der Waals surface area (Å²) in [6.07, 6.45) is 9.76. The number of likely N-dealkylation sites (N-methyl/N-ethyl adjacent to an activating group) is 1. The quantitative estimate of drug-likeness (QED) is 0.244. The second-order valence-electron chi connectivity index (χ2n) is 29.8. The predicted octanol–water partition coefficient (Wildman–Crippen LogP) is 12.0. The van der Waals surface area contributed by atoms with E-state index in [4.69, 9.17) is 9.47 Å². The number of piperazine rings is 1. The second-order valence-corrected chi connectivity index (χ2v) is 29.8. The first-order valence-electron chi connectivity index (χ1n) is 30.1. The molecule has 1 aromatic carbocycles. The second kappa shape index (κ2) is 33.8. The summed E-state index contributed by atoms with van der Waals surface area (Å²) in [6, 6.07) is 7.34. The molecular weight excluding hydrogens is 993 g/mol. The third-order valence-electron chi connectivity index (χ3n) is 14.4. The van der Waals surface area contributed by atoms with Crippen LogP contribution in [-0.2, 0) is 38.9 Å². The molecule has 5 aliphatic heterocycles. The minimum atomic E-state index is -0.445. The van der Waals surface area contributed by atoms with Crippen LogP contribution in [0, 0.1) is 33.0 Å². The molecular formula is C65H118N6O8. The van der Waals surface area contributed by atoms with Gasteiger partial charge in [0.15, 0.2) is 6.61 Å². The fraction of sp³-hybridized carbons (Fsp3) is 0.815. The van der Waals surface area contributed by atoms with Crippen LogP contribution in [0.5, 0.6) is 0 Å². The molecule has 14 nitrogen and oxygen atoms in total. The van der Waals surface area contributed by atoms with Crippen LogP contribution in [0.3, 0.4) is 0 Å². The van der Waals surface area contributed by atoms with Crippen molar-refractivity contribution in [3.05, 3.63) is 35.4 Å². The summed E-state index contributed by atoms with van der Waals surface area (Å²) >= 11 is 0. The fourth-order valence-electron chi connectivity index (χ4n) is 8.21. The first-order chi connectivity index (χ1) is 36.2. The number of nitrogens with zero attached hydrogens (tertiary/aromatic N) is 6. The lowest BCUT2D eigenvalue weighted by atomic mass is 9.84. The number of rotatable bonds is 7. The molecule has 14 heteroatoms. The number of hydrogen-bond acceptors (Lipinski definition) is 9. The lowest BCUT2D eigenvalue weighted by Gasteiger charge is -2.34. The fourth-order valence-corrected chi connectivity index (χ4v) is 8.21. The Balaban J connectivity index is 0.000000485. The Bertz CT molecular complexity index is 1900. The number of ether oxygens (including phenoxy) is 2. The van der Waals surface area contributed by atoms with Crippen molar-refractivity contribution >= 4 is 35.5 Å². The Morgan fingerprint density at radius 2 is 0.734 bits per heavy atom. The van der Waals surface area contributed by atoms with Crippen LogP contribution in [0.1, 0.15) is 219 Å². The Hall–Kier alpha value is -4.04. The number of carbonyl (C=O) groups excluding carboxylic acids is 6. The van der Waals surface area contributed by atoms with Crippen LogP contribution in [0.2, 0.25) is 0 Å². The minimum Gasteiger partial charge on any atom is -0.452 e. The largest absolute Gasteiger partial charge is 0.452 e. The highest BCUT2D eigenvalue weighted by Gasteiger charge is 2.27. The molecule has 0 aromatic heterocycles. The Morgan fingerprint density at radius 1 is 0.430 bits per heavy atom. The SMILES string of the molecule is CC(C)(C)CC(=O)N1CCCC1.CC(C)(C)CC(=O)N1CCCCC1.CC(C)(C)CC(=O)N1CCOCC1.CC(C)(C)c1ccc(C(=O)OCC(=O)N2CCC2)cc1.CC(C)C(C)(C)C.CN1CCN(C(=O)CC(C)(C)C)CC1. The topological polar surface area (TPSA) is 140 Å². The maximum atomic E-state index is 11.8. The average Bonchev–Trinajstić information content (AvgIpc) is 3.86. The third-order valence-corrected chi connectivity index (χ3v) is 14.4. The summed E-state index contributed by atoms with van der Waals surface area (Å²) in [6.45, 7) is 54.9. The first kappa shape index (κ1) is 73.0. The van der Waals surface area contributed by atoms with Crippen LogP contribution >= 0.6 is 0 Å². The van der Waals surface area contributed by atoms with E-state index in [-0.39, 0.29) is 45.5 Å². The van der Waals surface area contributed by atoms with E-state index in [2.05, 4.69) is 150 Å². The van der Waals surface area contributed by atoms with Crippen LogP contribution in [0.25, 0.3) is 0 Å². The molecule has 0 saturated carbocycles. The van der Waals surface area contributed by atoms with Crippen LogP contribution < -0.4 is 0 Å². The monoisotopic (exact) mass is 1110 g/mol. The Labute approximate surface area is 483 Å². The number of benzene rings is 1. The van der Waals surface area contributed by atoms with Crippen molar-refractivity contribution in [1.29, 1.82) is 0 Å². The zero-order valence-corrected chi connectivity index (χ0v) is 54.5. The van der Waals surface area contributed by atoms with Crippen LogP contribution in [0.15, 0.2) is 24.3 Å². The molecule has 0 aliphatic carbocycles. The minimum absolute atomic E-state index is 0.0515. The maximum Gasteiger partial charge on any atom is 0.338 e. The number of hydrogen-bond donors (Lipinski definition) is 0. The van der Waals surface area contributed by atoms with Gasteiger partial charge in [0.1, 0.15) is 0 Å². The lowest BCUT2D eigenvalue weighted by molar-refractivity contribution is -0.138. The van der Waals surface area contributed by atoms with Gasteiger partial charge in [-0.05, 0) is 102 Å². The lowest BCUT2D eigenvalue weighted by Crippen LogP contribution is -2.47. The Morgan fingerprint density at radius 3 is 1.04 bits per heavy atom. The van der Waals surface area contributed by atoms with Crippen molar-refractivity contribution < 1.29 is 38.2 Å². The van der Waals surface area contributed by atoms with Gasteiger partial charge >= 0.3 is 5.97 Å². The number of morpholine rings is 1. The molecule has 5 fully saturated rings. The molecule has 1 aromatic rings. The third kappa shape index (κ3) is 34.1. The van der Waals surface area contributed by atoms with E-state index in [9.17, 15) is 28.8 Å². The van der Waals surface area contributed by atoms with E-state index in [0.717, 1.165) is 96.4 Å². The highest BCUT2D eigenvalue weighted by molar-refractivity contribution is 5.91. The van der Waals surface area contributed by atoms with Crippen molar-refractivity contribution in [2.45, 2.75) is 208 Å². The van der Waals surface area contributed by atoms with Crippen molar-refractivity contribution in [1.82, 2.24) is 29.4 Å². The molecule has 0 spiro atoms. The van der Waals surface area contributed by atoms with Gasteiger partial charge in [-0.1, -0.05) is 151 Å². The number of amides is 5. The summed E-state index contributed by atoms with van der Waals surface area (Å²) < 4.78 is 10.2. The van der Waals surface area contributed by atoms with E-state index in [1.54, 1.807) is 17.0 Å². The van der Waals surface area contributed by atoms with E-state index < -0.39 is 5.97 Å². The maximum absolute atomic E-state index is 11.8.